The van der Waals surface area contributed by atoms with Crippen LogP contribution in [0.5, 0.6) is 5.75 Å². The quantitative estimate of drug-likeness (QED) is 0.514. The number of carbonyl (C=O) groups is 1. The van der Waals surface area contributed by atoms with E-state index >= 15 is 0 Å². The average Bonchev–Trinajstić information content (AvgIpc) is 3.19. The molecule has 0 aliphatic carbocycles. The van der Waals surface area contributed by atoms with Crippen molar-refractivity contribution >= 4 is 16.9 Å². The zero-order valence-corrected chi connectivity index (χ0v) is 17.7. The van der Waals surface area contributed by atoms with Gasteiger partial charge in [0.05, 0.1) is 11.0 Å². The van der Waals surface area contributed by atoms with E-state index in [0.717, 1.165) is 35.2 Å². The molecule has 6 nitrogen and oxygen atoms in total. The number of nitrogens with one attached hydrogen (secondary N) is 1. The molecular weight excluding hydrogens is 402 g/mol. The number of likely N-dealkylation sites (tertiary alicyclic amines) is 1. The number of aromatic amines is 1. The van der Waals surface area contributed by atoms with Gasteiger partial charge in [0.1, 0.15) is 12.4 Å². The van der Waals surface area contributed by atoms with Crippen LogP contribution in [0.3, 0.4) is 0 Å². The molecule has 0 bridgehead atoms. The van der Waals surface area contributed by atoms with Crippen molar-refractivity contribution in [3.8, 4) is 5.75 Å². The number of hydrogen-bond donors (Lipinski definition) is 1. The van der Waals surface area contributed by atoms with Gasteiger partial charge in [-0.25, -0.2) is 4.79 Å². The summed E-state index contributed by atoms with van der Waals surface area (Å²) >= 11 is 0. The van der Waals surface area contributed by atoms with Crippen molar-refractivity contribution in [3.63, 3.8) is 0 Å². The second-order valence-electron chi connectivity index (χ2n) is 8.14. The fourth-order valence-electron chi connectivity index (χ4n) is 4.38. The lowest BCUT2D eigenvalue weighted by molar-refractivity contribution is 0.0695. The van der Waals surface area contributed by atoms with Gasteiger partial charge in [0.15, 0.2) is 0 Å². The molecular formula is C26H25N3O3. The van der Waals surface area contributed by atoms with Crippen molar-refractivity contribution in [3.05, 3.63) is 100 Å². The molecule has 0 atom stereocenters. The Labute approximate surface area is 186 Å². The second kappa shape index (κ2) is 8.75. The molecule has 0 saturated carbocycles. The number of fused-ring (bicyclic) bond motifs is 1. The summed E-state index contributed by atoms with van der Waals surface area (Å²) in [6.45, 7) is 1.75. The molecule has 3 aromatic carbocycles. The first-order chi connectivity index (χ1) is 15.7. The Hall–Kier alpha value is -3.80. The molecule has 0 radical (unpaired) electrons. The van der Waals surface area contributed by atoms with E-state index in [4.69, 9.17) is 4.74 Å². The van der Waals surface area contributed by atoms with Crippen LogP contribution in [0, 0.1) is 0 Å². The summed E-state index contributed by atoms with van der Waals surface area (Å²) in [5.41, 5.74) is 3.45. The molecule has 1 aliphatic heterocycles. The molecule has 2 heterocycles. The summed E-state index contributed by atoms with van der Waals surface area (Å²) in [4.78, 5) is 30.2. The smallest absolute Gasteiger partial charge is 0.326 e. The molecule has 32 heavy (non-hydrogen) atoms. The number of aromatic nitrogens is 2. The largest absolute Gasteiger partial charge is 0.489 e. The van der Waals surface area contributed by atoms with Crippen LogP contribution in [0.2, 0.25) is 0 Å². The molecule has 1 aromatic heterocycles. The summed E-state index contributed by atoms with van der Waals surface area (Å²) in [6.07, 6.45) is 1.51. The SMILES string of the molecule is O=C(c1ccc(OCc2ccccc2)cc1)N1CCC(n2c(=O)[nH]c3ccccc32)CC1. The van der Waals surface area contributed by atoms with Gasteiger partial charge in [0, 0.05) is 24.7 Å². The van der Waals surface area contributed by atoms with Crippen LogP contribution in [-0.2, 0) is 6.61 Å². The van der Waals surface area contributed by atoms with Gasteiger partial charge < -0.3 is 14.6 Å². The van der Waals surface area contributed by atoms with Gasteiger partial charge in [-0.15, -0.1) is 0 Å². The number of benzene rings is 3. The van der Waals surface area contributed by atoms with E-state index in [0.29, 0.717) is 25.3 Å². The van der Waals surface area contributed by atoms with Crippen LogP contribution < -0.4 is 10.4 Å². The molecule has 4 aromatic rings. The predicted octanol–water partition coefficient (Wildman–Crippen LogP) is 4.39. The predicted molar refractivity (Wildman–Crippen MR) is 124 cm³/mol. The van der Waals surface area contributed by atoms with E-state index < -0.39 is 0 Å². The third-order valence-electron chi connectivity index (χ3n) is 6.09. The number of hydrogen-bond acceptors (Lipinski definition) is 3. The molecule has 162 valence electrons. The first-order valence-corrected chi connectivity index (χ1v) is 10.9. The Morgan fingerprint density at radius 2 is 1.59 bits per heavy atom. The Bertz CT molecular complexity index is 1270. The lowest BCUT2D eigenvalue weighted by atomic mass is 10.0. The maximum absolute atomic E-state index is 13.0. The number of amides is 1. The van der Waals surface area contributed by atoms with Crippen LogP contribution >= 0.6 is 0 Å². The number of H-pyrrole nitrogens is 1. The molecule has 1 saturated heterocycles. The minimum atomic E-state index is -0.0814. The summed E-state index contributed by atoms with van der Waals surface area (Å²) in [6, 6.07) is 25.1. The van der Waals surface area contributed by atoms with Crippen LogP contribution in [0.1, 0.15) is 34.8 Å². The number of piperidine rings is 1. The first kappa shape index (κ1) is 20.1. The third kappa shape index (κ3) is 4.04. The highest BCUT2D eigenvalue weighted by molar-refractivity contribution is 5.94. The van der Waals surface area contributed by atoms with Gasteiger partial charge in [-0.3, -0.25) is 9.36 Å². The maximum atomic E-state index is 13.0. The van der Waals surface area contributed by atoms with Crippen LogP contribution in [0.25, 0.3) is 11.0 Å². The molecule has 1 amide bonds. The topological polar surface area (TPSA) is 67.3 Å². The highest BCUT2D eigenvalue weighted by Crippen LogP contribution is 2.26. The molecule has 1 N–H and O–H groups in total. The highest BCUT2D eigenvalue weighted by Gasteiger charge is 2.26. The van der Waals surface area contributed by atoms with E-state index in [1.807, 2.05) is 88.3 Å². The summed E-state index contributed by atoms with van der Waals surface area (Å²) in [5.74, 6) is 0.757. The second-order valence-corrected chi connectivity index (χ2v) is 8.14. The fourth-order valence-corrected chi connectivity index (χ4v) is 4.38. The van der Waals surface area contributed by atoms with Crippen LogP contribution in [0.4, 0.5) is 0 Å². The number of carbonyl (C=O) groups excluding carboxylic acids is 1. The fraction of sp³-hybridized carbons (Fsp3) is 0.231. The van der Waals surface area contributed by atoms with Gasteiger partial charge in [-0.2, -0.15) is 0 Å². The Balaban J connectivity index is 1.21. The van der Waals surface area contributed by atoms with E-state index in [1.54, 1.807) is 0 Å². The Morgan fingerprint density at radius 1 is 0.906 bits per heavy atom. The number of nitrogens with zero attached hydrogens (tertiary/aromatic N) is 2. The summed E-state index contributed by atoms with van der Waals surface area (Å²) < 4.78 is 7.66. The third-order valence-corrected chi connectivity index (χ3v) is 6.09. The minimum absolute atomic E-state index is 0.0179. The van der Waals surface area contributed by atoms with Gasteiger partial charge in [-0.05, 0) is 54.8 Å². The van der Waals surface area contributed by atoms with E-state index in [-0.39, 0.29) is 17.6 Å². The summed E-state index contributed by atoms with van der Waals surface area (Å²) in [5, 5.41) is 0. The monoisotopic (exact) mass is 427 g/mol. The average molecular weight is 428 g/mol. The molecule has 1 fully saturated rings. The maximum Gasteiger partial charge on any atom is 0.326 e. The number of rotatable bonds is 5. The van der Waals surface area contributed by atoms with Gasteiger partial charge in [0.2, 0.25) is 0 Å². The Morgan fingerprint density at radius 3 is 2.34 bits per heavy atom. The van der Waals surface area contributed by atoms with Crippen molar-refractivity contribution in [2.24, 2.45) is 0 Å². The van der Waals surface area contributed by atoms with Crippen molar-refractivity contribution in [2.45, 2.75) is 25.5 Å². The van der Waals surface area contributed by atoms with Crippen LogP contribution in [-0.4, -0.2) is 33.4 Å². The lowest BCUT2D eigenvalue weighted by Crippen LogP contribution is -2.40. The standard InChI is InChI=1S/C26H25N3O3/c30-25(20-10-12-22(13-11-20)32-18-19-6-2-1-3-7-19)28-16-14-21(15-17-28)29-24-9-5-4-8-23(24)27-26(29)31/h1-13,21H,14-18H2,(H,27,31). The molecule has 6 heteroatoms. The highest BCUT2D eigenvalue weighted by atomic mass is 16.5. The normalized spacial score (nSPS) is 14.6. The van der Waals surface area contributed by atoms with E-state index in [9.17, 15) is 9.59 Å². The lowest BCUT2D eigenvalue weighted by Gasteiger charge is -2.32. The van der Waals surface area contributed by atoms with Crippen molar-refractivity contribution in [1.29, 1.82) is 0 Å². The molecule has 0 spiro atoms. The van der Waals surface area contributed by atoms with Gasteiger partial charge in [0.25, 0.3) is 5.91 Å². The zero-order chi connectivity index (χ0) is 21.9. The van der Waals surface area contributed by atoms with Crippen molar-refractivity contribution in [1.82, 2.24) is 14.5 Å². The number of imidazole rings is 1. The van der Waals surface area contributed by atoms with Gasteiger partial charge in [-0.1, -0.05) is 42.5 Å². The zero-order valence-electron chi connectivity index (χ0n) is 17.7. The summed E-state index contributed by atoms with van der Waals surface area (Å²) in [7, 11) is 0. The number of ether oxygens (including phenoxy) is 1. The molecule has 0 unspecified atom stereocenters. The molecule has 1 aliphatic rings. The first-order valence-electron chi connectivity index (χ1n) is 10.9. The molecule has 5 rings (SSSR count). The van der Waals surface area contributed by atoms with Crippen LogP contribution in [0.15, 0.2) is 83.7 Å². The van der Waals surface area contributed by atoms with Crippen molar-refractivity contribution in [2.75, 3.05) is 13.1 Å². The van der Waals surface area contributed by atoms with E-state index in [1.165, 1.54) is 0 Å². The van der Waals surface area contributed by atoms with E-state index in [2.05, 4.69) is 4.98 Å². The van der Waals surface area contributed by atoms with Gasteiger partial charge >= 0.3 is 5.69 Å². The van der Waals surface area contributed by atoms with Crippen molar-refractivity contribution < 1.29 is 9.53 Å². The minimum Gasteiger partial charge on any atom is -0.489 e. The number of para-hydroxylation sites is 2. The Kier molecular flexibility index (Phi) is 5.50.